The maximum Gasteiger partial charge on any atom is 0.229 e. The van der Waals surface area contributed by atoms with E-state index in [2.05, 4.69) is 32.4 Å². The molecule has 7 nitrogen and oxygen atoms in total. The third-order valence-electron chi connectivity index (χ3n) is 3.96. The Labute approximate surface area is 175 Å². The first kappa shape index (κ1) is 21.2. The van der Waals surface area contributed by atoms with E-state index in [9.17, 15) is 13.7 Å². The van der Waals surface area contributed by atoms with E-state index in [-0.39, 0.29) is 18.5 Å². The molecule has 30 heavy (non-hydrogen) atoms. The lowest BCUT2D eigenvalue weighted by Gasteiger charge is -2.14. The van der Waals surface area contributed by atoms with Gasteiger partial charge < -0.3 is 24.7 Å². The predicted octanol–water partition coefficient (Wildman–Crippen LogP) is 3.64. The van der Waals surface area contributed by atoms with Crippen LogP contribution in [0.15, 0.2) is 59.6 Å². The van der Waals surface area contributed by atoms with E-state index in [1.165, 1.54) is 12.1 Å². The molecule has 9 heteroatoms. The molecule has 0 bridgehead atoms. The lowest BCUT2D eigenvalue weighted by Crippen LogP contribution is -2.21. The number of nitrogens with zero attached hydrogens (tertiary/aromatic N) is 2. The average molecular weight is 424 g/mol. The summed E-state index contributed by atoms with van der Waals surface area (Å²) in [6, 6.07) is 12.1. The summed E-state index contributed by atoms with van der Waals surface area (Å²) >= 11 is 0. The van der Waals surface area contributed by atoms with Crippen molar-refractivity contribution in [1.82, 2.24) is 9.97 Å². The zero-order valence-electron chi connectivity index (χ0n) is 16.0. The molecular formula is C21H19FN5O2S-. The van der Waals surface area contributed by atoms with Gasteiger partial charge >= 0.3 is 0 Å². The minimum atomic E-state index is -1.80. The van der Waals surface area contributed by atoms with Gasteiger partial charge in [-0.25, -0.2) is 9.37 Å². The second-order valence-electron chi connectivity index (χ2n) is 6.36. The van der Waals surface area contributed by atoms with E-state index in [4.69, 9.17) is 4.78 Å². The monoisotopic (exact) mass is 424 g/mol. The minimum absolute atomic E-state index is 0.0939. The molecule has 4 N–H and O–H groups in total. The van der Waals surface area contributed by atoms with Crippen LogP contribution in [-0.4, -0.2) is 27.7 Å². The molecule has 1 aromatic heterocycles. The van der Waals surface area contributed by atoms with Gasteiger partial charge in [-0.15, -0.1) is 0 Å². The molecule has 3 rings (SSSR count). The van der Waals surface area contributed by atoms with E-state index in [0.29, 0.717) is 33.5 Å². The van der Waals surface area contributed by atoms with Gasteiger partial charge in [0.15, 0.2) is 0 Å². The van der Waals surface area contributed by atoms with Crippen LogP contribution >= 0.6 is 0 Å². The van der Waals surface area contributed by atoms with E-state index >= 15 is 0 Å². The molecule has 3 aromatic rings. The van der Waals surface area contributed by atoms with Crippen molar-refractivity contribution < 1.29 is 13.7 Å². The lowest BCUT2D eigenvalue weighted by atomic mass is 10.2. The van der Waals surface area contributed by atoms with Crippen LogP contribution in [0.5, 0.6) is 0 Å². The van der Waals surface area contributed by atoms with E-state index in [0.717, 1.165) is 0 Å². The first-order chi connectivity index (χ1) is 14.4. The highest BCUT2D eigenvalue weighted by Crippen LogP contribution is 2.19. The van der Waals surface area contributed by atoms with Crippen molar-refractivity contribution in [1.29, 1.82) is 4.78 Å². The highest BCUT2D eigenvalue weighted by Gasteiger charge is 2.09. The maximum atomic E-state index is 13.0. The van der Waals surface area contributed by atoms with Gasteiger partial charge in [0, 0.05) is 17.3 Å². The SMILES string of the molecule is C[C@H](CO)Nc1nc(Nc2ccc([S-](=N)=O)cc2)ncc1C#Cc1ccc(F)cc1. The van der Waals surface area contributed by atoms with E-state index < -0.39 is 10.6 Å². The molecule has 0 unspecified atom stereocenters. The number of aromatic nitrogens is 2. The van der Waals surface area contributed by atoms with Crippen molar-refractivity contribution in [3.63, 3.8) is 0 Å². The van der Waals surface area contributed by atoms with Crippen LogP contribution in [0.2, 0.25) is 0 Å². The van der Waals surface area contributed by atoms with Crippen molar-refractivity contribution >= 4 is 28.0 Å². The first-order valence-corrected chi connectivity index (χ1v) is 10.1. The summed E-state index contributed by atoms with van der Waals surface area (Å²) in [6.07, 6.45) is 1.55. The lowest BCUT2D eigenvalue weighted by molar-refractivity contribution is 0.281. The van der Waals surface area contributed by atoms with Gasteiger partial charge in [-0.3, -0.25) is 0 Å². The van der Waals surface area contributed by atoms with Gasteiger partial charge in [0.1, 0.15) is 11.6 Å². The Hall–Kier alpha value is -3.48. The normalized spacial score (nSPS) is 11.5. The molecule has 0 spiro atoms. The van der Waals surface area contributed by atoms with Crippen molar-refractivity contribution in [2.24, 2.45) is 0 Å². The summed E-state index contributed by atoms with van der Waals surface area (Å²) in [5.74, 6) is 6.31. The number of halogens is 1. The highest BCUT2D eigenvalue weighted by atomic mass is 32.2. The fourth-order valence-electron chi connectivity index (χ4n) is 2.39. The Bertz CT molecular complexity index is 1140. The van der Waals surface area contributed by atoms with Crippen molar-refractivity contribution in [3.8, 4) is 11.8 Å². The van der Waals surface area contributed by atoms with Gasteiger partial charge in [0.05, 0.1) is 18.4 Å². The largest absolute Gasteiger partial charge is 0.440 e. The first-order valence-electron chi connectivity index (χ1n) is 8.96. The maximum absolute atomic E-state index is 13.0. The van der Waals surface area contributed by atoms with E-state index in [1.807, 2.05) is 0 Å². The zero-order valence-corrected chi connectivity index (χ0v) is 16.8. The Morgan fingerprint density at radius 2 is 1.87 bits per heavy atom. The highest BCUT2D eigenvalue weighted by molar-refractivity contribution is 7.73. The number of aliphatic hydroxyl groups is 1. The molecule has 0 aliphatic heterocycles. The minimum Gasteiger partial charge on any atom is -0.440 e. The summed E-state index contributed by atoms with van der Waals surface area (Å²) in [5.41, 5.74) is 1.83. The fourth-order valence-corrected chi connectivity index (χ4v) is 2.77. The van der Waals surface area contributed by atoms with Crippen LogP contribution < -0.4 is 10.6 Å². The number of aliphatic hydroxyl groups excluding tert-OH is 1. The summed E-state index contributed by atoms with van der Waals surface area (Å²) in [7, 11) is -1.80. The Morgan fingerprint density at radius 3 is 2.50 bits per heavy atom. The zero-order chi connectivity index (χ0) is 21.5. The Morgan fingerprint density at radius 1 is 1.17 bits per heavy atom. The molecule has 0 amide bonds. The summed E-state index contributed by atoms with van der Waals surface area (Å²) in [4.78, 5) is 9.10. The van der Waals surface area contributed by atoms with Gasteiger partial charge in [0.25, 0.3) is 0 Å². The molecule has 0 saturated carbocycles. The number of rotatable bonds is 6. The quantitative estimate of drug-likeness (QED) is 0.355. The van der Waals surface area contributed by atoms with Crippen molar-refractivity contribution in [2.75, 3.05) is 17.2 Å². The van der Waals surface area contributed by atoms with Gasteiger partial charge in [-0.2, -0.15) is 15.6 Å². The van der Waals surface area contributed by atoms with Gasteiger partial charge in [0.2, 0.25) is 5.95 Å². The molecule has 0 aliphatic rings. The summed E-state index contributed by atoms with van der Waals surface area (Å²) in [5, 5.41) is 15.5. The molecule has 0 aliphatic carbocycles. The van der Waals surface area contributed by atoms with Crippen LogP contribution in [0, 0.1) is 22.4 Å². The second kappa shape index (κ2) is 9.82. The van der Waals surface area contributed by atoms with Crippen LogP contribution in [0.3, 0.4) is 0 Å². The molecule has 1 heterocycles. The molecule has 0 fully saturated rings. The van der Waals surface area contributed by atoms with E-state index in [1.54, 1.807) is 49.5 Å². The van der Waals surface area contributed by atoms with Crippen molar-refractivity contribution in [3.05, 3.63) is 71.7 Å². The number of nitrogens with one attached hydrogen (secondary N) is 3. The summed E-state index contributed by atoms with van der Waals surface area (Å²) in [6.45, 7) is 1.70. The van der Waals surface area contributed by atoms with Crippen LogP contribution in [0.4, 0.5) is 21.8 Å². The average Bonchev–Trinajstić information content (AvgIpc) is 2.74. The molecule has 2 aromatic carbocycles. The molecular weight excluding hydrogens is 405 g/mol. The summed E-state index contributed by atoms with van der Waals surface area (Å²) < 4.78 is 31.5. The van der Waals surface area contributed by atoms with Crippen LogP contribution in [-0.2, 0) is 14.8 Å². The molecule has 154 valence electrons. The number of hydrogen-bond donors (Lipinski definition) is 4. The molecule has 0 radical (unpaired) electrons. The second-order valence-corrected chi connectivity index (χ2v) is 7.37. The van der Waals surface area contributed by atoms with Crippen molar-refractivity contribution in [2.45, 2.75) is 17.9 Å². The predicted molar refractivity (Wildman–Crippen MR) is 113 cm³/mol. The standard InChI is InChI=1S/C21H19FN5O2S/c1-14(13-28)25-20-16(5-2-15-3-6-17(22)7-4-15)12-24-21(27-20)26-18-8-10-19(11-9-18)30(23)29/h3-4,6-12,14,23,28H,13H2,1H3,(H2,24,25,26,27)/q-1/t14-/m1/s1. The third kappa shape index (κ3) is 5.76. The third-order valence-corrected chi connectivity index (χ3v) is 4.66. The smallest absolute Gasteiger partial charge is 0.229 e. The fraction of sp³-hybridized carbons (Fsp3) is 0.143. The van der Waals surface area contributed by atoms with Crippen LogP contribution in [0.25, 0.3) is 0 Å². The number of benzene rings is 2. The number of hydrogen-bond acceptors (Lipinski definition) is 8. The Balaban J connectivity index is 1.87. The molecule has 1 atom stereocenters. The topological polar surface area (TPSA) is 111 Å². The van der Waals surface area contributed by atoms with Gasteiger partial charge in [-0.05, 0) is 43.3 Å². The molecule has 0 saturated heterocycles. The number of anilines is 3. The van der Waals surface area contributed by atoms with Gasteiger partial charge in [-0.1, -0.05) is 28.9 Å². The Kier molecular flexibility index (Phi) is 6.95. The van der Waals surface area contributed by atoms with Crippen LogP contribution in [0.1, 0.15) is 18.1 Å².